The Hall–Kier alpha value is -5.40. The molecule has 1 nitrogen and oxygen atoms in total. The van der Waals surface area contributed by atoms with Gasteiger partial charge in [0.15, 0.2) is 0 Å². The number of anilines is 3. The summed E-state index contributed by atoms with van der Waals surface area (Å²) in [6, 6.07) is 51.6. The number of hydrogen-bond donors (Lipinski definition) is 0. The molecule has 0 amide bonds. The van der Waals surface area contributed by atoms with Crippen LogP contribution < -0.4 is 4.90 Å². The van der Waals surface area contributed by atoms with Crippen molar-refractivity contribution >= 4 is 33.4 Å². The van der Waals surface area contributed by atoms with Gasteiger partial charge in [-0.15, -0.1) is 0 Å². The molecular formula is C49H45N. The Morgan fingerprint density at radius 1 is 0.620 bits per heavy atom. The van der Waals surface area contributed by atoms with Crippen molar-refractivity contribution in [1.82, 2.24) is 0 Å². The van der Waals surface area contributed by atoms with Gasteiger partial charge in [0.25, 0.3) is 0 Å². The van der Waals surface area contributed by atoms with Crippen LogP contribution in [0.15, 0.2) is 170 Å². The van der Waals surface area contributed by atoms with Crippen molar-refractivity contribution in [3.8, 4) is 22.3 Å². The first-order chi connectivity index (χ1) is 24.6. The first-order valence-electron chi connectivity index (χ1n) is 18.3. The minimum absolute atomic E-state index is 0.233. The summed E-state index contributed by atoms with van der Waals surface area (Å²) in [4.78, 5) is 2.42. The van der Waals surface area contributed by atoms with Gasteiger partial charge in [0.1, 0.15) is 0 Å². The average molecular weight is 648 g/mol. The highest BCUT2D eigenvalue weighted by Gasteiger charge is 2.33. The molecule has 0 spiro atoms. The third kappa shape index (κ3) is 6.14. The van der Waals surface area contributed by atoms with Gasteiger partial charge in [-0.2, -0.15) is 0 Å². The van der Waals surface area contributed by atoms with Gasteiger partial charge < -0.3 is 4.90 Å². The number of fused-ring (bicyclic) bond motifs is 1. The molecule has 1 saturated carbocycles. The Labute approximate surface area is 297 Å². The van der Waals surface area contributed by atoms with Crippen molar-refractivity contribution in [3.63, 3.8) is 0 Å². The summed E-state index contributed by atoms with van der Waals surface area (Å²) in [5.41, 5.74) is 14.1. The lowest BCUT2D eigenvalue weighted by Gasteiger charge is -2.38. The SMILES string of the molecule is C=C1CCCC(CC)(c2ccc(-c3ccc(N(c4ccc(-c5ccccc5)cc4)c4ccc(C5=CCCC=C5)c5ccccc45)cc3)cc2)C1. The zero-order valence-corrected chi connectivity index (χ0v) is 29.1. The topological polar surface area (TPSA) is 3.24 Å². The number of allylic oxidation sites excluding steroid dienone is 5. The van der Waals surface area contributed by atoms with Gasteiger partial charge in [-0.05, 0) is 125 Å². The number of hydrogen-bond acceptors (Lipinski definition) is 1. The molecule has 2 aliphatic rings. The lowest BCUT2D eigenvalue weighted by molar-refractivity contribution is 0.330. The lowest BCUT2D eigenvalue weighted by atomic mass is 9.66. The molecule has 246 valence electrons. The van der Waals surface area contributed by atoms with E-state index in [9.17, 15) is 0 Å². The smallest absolute Gasteiger partial charge is 0.0540 e. The maximum atomic E-state index is 4.37. The highest BCUT2D eigenvalue weighted by Crippen LogP contribution is 2.45. The third-order valence-corrected chi connectivity index (χ3v) is 11.1. The second kappa shape index (κ2) is 13.8. The van der Waals surface area contributed by atoms with Crippen molar-refractivity contribution in [1.29, 1.82) is 0 Å². The summed E-state index contributed by atoms with van der Waals surface area (Å²) < 4.78 is 0. The molecule has 1 fully saturated rings. The number of rotatable bonds is 8. The van der Waals surface area contributed by atoms with Crippen LogP contribution in [0.1, 0.15) is 63.0 Å². The minimum atomic E-state index is 0.233. The van der Waals surface area contributed by atoms with E-state index in [0.29, 0.717) is 0 Å². The molecule has 0 radical (unpaired) electrons. The van der Waals surface area contributed by atoms with Gasteiger partial charge >= 0.3 is 0 Å². The molecule has 6 aromatic carbocycles. The van der Waals surface area contributed by atoms with Crippen molar-refractivity contribution in [2.75, 3.05) is 4.90 Å². The van der Waals surface area contributed by atoms with E-state index in [1.807, 2.05) is 0 Å². The van der Waals surface area contributed by atoms with Crippen LogP contribution in [-0.4, -0.2) is 0 Å². The molecule has 0 saturated heterocycles. The molecule has 50 heavy (non-hydrogen) atoms. The van der Waals surface area contributed by atoms with E-state index < -0.39 is 0 Å². The van der Waals surface area contributed by atoms with Gasteiger partial charge in [-0.25, -0.2) is 0 Å². The second-order valence-corrected chi connectivity index (χ2v) is 14.1. The standard InChI is InChI=1S/C49H45N/c1-3-49(34-12-13-36(2)35-49)42-26-20-38(21-27-42)40-24-30-44(31-25-40)50(43-28-22-39(23-29-43)37-14-6-4-7-15-37)48-33-32-45(41-16-8-5-9-17-41)46-18-10-11-19-47(46)48/h4,6-8,10-11,14-33H,2-3,5,9,12-13,34-35H2,1H3. The molecule has 1 heteroatoms. The monoisotopic (exact) mass is 647 g/mol. The average Bonchev–Trinajstić information content (AvgIpc) is 3.19. The van der Waals surface area contributed by atoms with Gasteiger partial charge in [0, 0.05) is 16.8 Å². The summed E-state index contributed by atoms with van der Waals surface area (Å²) in [6.45, 7) is 6.71. The Kier molecular flexibility index (Phi) is 8.82. The molecule has 2 aliphatic carbocycles. The zero-order valence-electron chi connectivity index (χ0n) is 29.1. The van der Waals surface area contributed by atoms with Crippen molar-refractivity contribution < 1.29 is 0 Å². The fourth-order valence-electron chi connectivity index (χ4n) is 8.31. The van der Waals surface area contributed by atoms with Crippen LogP contribution in [0, 0.1) is 0 Å². The summed E-state index contributed by atoms with van der Waals surface area (Å²) in [7, 11) is 0. The first kappa shape index (κ1) is 31.8. The summed E-state index contributed by atoms with van der Waals surface area (Å²) in [5.74, 6) is 0. The Morgan fingerprint density at radius 3 is 1.82 bits per heavy atom. The van der Waals surface area contributed by atoms with Crippen LogP contribution in [-0.2, 0) is 5.41 Å². The van der Waals surface area contributed by atoms with E-state index in [0.717, 1.165) is 37.1 Å². The van der Waals surface area contributed by atoms with Crippen LogP contribution in [0.2, 0.25) is 0 Å². The third-order valence-electron chi connectivity index (χ3n) is 11.1. The van der Waals surface area contributed by atoms with E-state index in [-0.39, 0.29) is 5.41 Å². The normalized spacial score (nSPS) is 17.5. The molecule has 0 bridgehead atoms. The van der Waals surface area contributed by atoms with E-state index in [1.165, 1.54) is 80.2 Å². The Balaban J connectivity index is 1.18. The van der Waals surface area contributed by atoms with Crippen molar-refractivity contribution in [3.05, 3.63) is 181 Å². The minimum Gasteiger partial charge on any atom is -0.310 e. The molecule has 0 aromatic heterocycles. The van der Waals surface area contributed by atoms with Crippen molar-refractivity contribution in [2.45, 2.75) is 57.3 Å². The quantitative estimate of drug-likeness (QED) is 0.149. The van der Waals surface area contributed by atoms with Crippen LogP contribution >= 0.6 is 0 Å². The fourth-order valence-corrected chi connectivity index (χ4v) is 8.31. The molecule has 1 unspecified atom stereocenters. The first-order valence-corrected chi connectivity index (χ1v) is 18.3. The van der Waals surface area contributed by atoms with E-state index in [1.54, 1.807) is 0 Å². The van der Waals surface area contributed by atoms with Crippen molar-refractivity contribution in [2.24, 2.45) is 0 Å². The fraction of sp³-hybridized carbons (Fsp3) is 0.184. The molecule has 6 aromatic rings. The molecule has 0 N–H and O–H groups in total. The molecule has 8 rings (SSSR count). The van der Waals surface area contributed by atoms with E-state index in [2.05, 4.69) is 176 Å². The maximum absolute atomic E-state index is 4.37. The number of benzene rings is 6. The highest BCUT2D eigenvalue weighted by molar-refractivity contribution is 6.05. The molecule has 0 heterocycles. The van der Waals surface area contributed by atoms with Crippen LogP contribution in [0.5, 0.6) is 0 Å². The lowest BCUT2D eigenvalue weighted by Crippen LogP contribution is -2.28. The van der Waals surface area contributed by atoms with Crippen LogP contribution in [0.25, 0.3) is 38.6 Å². The molecule has 1 atom stereocenters. The predicted molar refractivity (Wildman–Crippen MR) is 215 cm³/mol. The van der Waals surface area contributed by atoms with Gasteiger partial charge in [0.05, 0.1) is 5.69 Å². The maximum Gasteiger partial charge on any atom is 0.0540 e. The van der Waals surface area contributed by atoms with Gasteiger partial charge in [0.2, 0.25) is 0 Å². The largest absolute Gasteiger partial charge is 0.310 e. The Morgan fingerprint density at radius 2 is 1.22 bits per heavy atom. The second-order valence-electron chi connectivity index (χ2n) is 14.1. The van der Waals surface area contributed by atoms with Gasteiger partial charge in [-0.1, -0.05) is 146 Å². The van der Waals surface area contributed by atoms with E-state index in [4.69, 9.17) is 0 Å². The van der Waals surface area contributed by atoms with Gasteiger partial charge in [-0.3, -0.25) is 0 Å². The van der Waals surface area contributed by atoms with E-state index >= 15 is 0 Å². The molecule has 0 aliphatic heterocycles. The van der Waals surface area contributed by atoms with Crippen LogP contribution in [0.3, 0.4) is 0 Å². The highest BCUT2D eigenvalue weighted by atomic mass is 15.1. The molecular weight excluding hydrogens is 603 g/mol. The van der Waals surface area contributed by atoms with Crippen LogP contribution in [0.4, 0.5) is 17.1 Å². The number of nitrogens with zero attached hydrogens (tertiary/aromatic N) is 1. The predicted octanol–water partition coefficient (Wildman–Crippen LogP) is 14.2. The Bertz CT molecular complexity index is 2180. The summed E-state index contributed by atoms with van der Waals surface area (Å²) in [6.07, 6.45) is 15.1. The summed E-state index contributed by atoms with van der Waals surface area (Å²) >= 11 is 0. The summed E-state index contributed by atoms with van der Waals surface area (Å²) in [5, 5.41) is 2.52. The zero-order chi connectivity index (χ0) is 33.9.